The number of hydrogen-bond acceptors (Lipinski definition) is 5. The maximum Gasteiger partial charge on any atom is 0.457 e. The summed E-state index contributed by atoms with van der Waals surface area (Å²) in [6.07, 6.45) is -7.46. The largest absolute Gasteiger partial charge is 0.460 e. The zero-order chi connectivity index (χ0) is 20.2. The highest BCUT2D eigenvalue weighted by atomic mass is 19.4. The summed E-state index contributed by atoms with van der Waals surface area (Å²) in [5.41, 5.74) is -4.63. The van der Waals surface area contributed by atoms with Crippen molar-refractivity contribution in [2.45, 2.75) is 50.7 Å². The molecule has 2 unspecified atom stereocenters. The Kier molecular flexibility index (Phi) is 6.70. The fourth-order valence-electron chi connectivity index (χ4n) is 1.72. The molecule has 0 bridgehead atoms. The van der Waals surface area contributed by atoms with Crippen LogP contribution in [-0.2, 0) is 25.7 Å². The molecule has 0 aliphatic rings. The van der Waals surface area contributed by atoms with Crippen molar-refractivity contribution in [1.29, 1.82) is 0 Å². The molecule has 1 rings (SSSR count). The minimum atomic E-state index is -6.40. The molecule has 2 atom stereocenters. The second-order valence-corrected chi connectivity index (χ2v) is 5.47. The van der Waals surface area contributed by atoms with E-state index in [2.05, 4.69) is 9.47 Å². The van der Waals surface area contributed by atoms with Crippen LogP contribution >= 0.6 is 0 Å². The minimum absolute atomic E-state index is 0.0540. The topological polar surface area (TPSA) is 72.8 Å². The van der Waals surface area contributed by atoms with E-state index in [0.717, 1.165) is 0 Å². The minimum Gasteiger partial charge on any atom is -0.460 e. The van der Waals surface area contributed by atoms with Crippen molar-refractivity contribution in [2.75, 3.05) is 0 Å². The molecular formula is C16H17F5O5. The first-order chi connectivity index (χ1) is 11.9. The predicted molar refractivity (Wildman–Crippen MR) is 78.0 cm³/mol. The fraction of sp³-hybridized carbons (Fsp3) is 0.500. The highest BCUT2D eigenvalue weighted by Gasteiger charge is 2.78. The lowest BCUT2D eigenvalue weighted by Gasteiger charge is -2.33. The van der Waals surface area contributed by atoms with Crippen LogP contribution < -0.4 is 0 Å². The summed E-state index contributed by atoms with van der Waals surface area (Å²) in [5.74, 6) is -11.0. The highest BCUT2D eigenvalue weighted by Crippen LogP contribution is 2.45. The van der Waals surface area contributed by atoms with Gasteiger partial charge in [-0.25, -0.2) is 9.59 Å². The molecule has 10 heteroatoms. The summed E-state index contributed by atoms with van der Waals surface area (Å²) in [7, 11) is 0. The molecule has 0 heterocycles. The molecule has 5 nitrogen and oxygen atoms in total. The van der Waals surface area contributed by atoms with E-state index in [9.17, 15) is 36.6 Å². The molecule has 1 aromatic rings. The lowest BCUT2D eigenvalue weighted by Crippen LogP contribution is -2.67. The molecule has 0 fully saturated rings. The van der Waals surface area contributed by atoms with Crippen molar-refractivity contribution in [3.8, 4) is 0 Å². The van der Waals surface area contributed by atoms with E-state index in [0.29, 0.717) is 0 Å². The monoisotopic (exact) mass is 384 g/mol. The lowest BCUT2D eigenvalue weighted by atomic mass is 9.94. The van der Waals surface area contributed by atoms with Gasteiger partial charge in [-0.05, 0) is 18.9 Å². The van der Waals surface area contributed by atoms with Crippen molar-refractivity contribution < 1.29 is 46.1 Å². The second kappa shape index (κ2) is 7.98. The van der Waals surface area contributed by atoms with Crippen LogP contribution in [0.5, 0.6) is 0 Å². The Morgan fingerprint density at radius 3 is 2.08 bits per heavy atom. The number of hydrogen-bond donors (Lipinski definition) is 1. The molecule has 1 aromatic carbocycles. The maximum absolute atomic E-state index is 13.8. The molecule has 0 aliphatic carbocycles. The third-order valence-electron chi connectivity index (χ3n) is 3.50. The first kappa shape index (κ1) is 21.8. The number of carbonyl (C=O) groups excluding carboxylic acids is 2. The molecule has 146 valence electrons. The van der Waals surface area contributed by atoms with Gasteiger partial charge in [0.15, 0.2) is 0 Å². The van der Waals surface area contributed by atoms with Gasteiger partial charge in [0.1, 0.15) is 6.61 Å². The van der Waals surface area contributed by atoms with E-state index >= 15 is 0 Å². The van der Waals surface area contributed by atoms with Crippen molar-refractivity contribution in [3.63, 3.8) is 0 Å². The summed E-state index contributed by atoms with van der Waals surface area (Å²) >= 11 is 0. The van der Waals surface area contributed by atoms with Crippen LogP contribution in [-0.4, -0.2) is 40.8 Å². The average molecular weight is 384 g/mol. The molecule has 0 aromatic heterocycles. The summed E-state index contributed by atoms with van der Waals surface area (Å²) in [6, 6.07) is 7.37. The number of benzene rings is 1. The number of rotatable bonds is 7. The van der Waals surface area contributed by atoms with Gasteiger partial charge in [0, 0.05) is 0 Å². The van der Waals surface area contributed by atoms with E-state index in [1.54, 1.807) is 6.07 Å². The fourth-order valence-corrected chi connectivity index (χ4v) is 1.72. The van der Waals surface area contributed by atoms with E-state index in [1.165, 1.54) is 38.1 Å². The van der Waals surface area contributed by atoms with Gasteiger partial charge in [0.25, 0.3) is 0 Å². The smallest absolute Gasteiger partial charge is 0.457 e. The van der Waals surface area contributed by atoms with E-state index in [4.69, 9.17) is 0 Å². The van der Waals surface area contributed by atoms with Gasteiger partial charge >= 0.3 is 29.6 Å². The van der Waals surface area contributed by atoms with Crippen LogP contribution in [0.15, 0.2) is 30.3 Å². The Morgan fingerprint density at radius 2 is 1.62 bits per heavy atom. The van der Waals surface area contributed by atoms with Gasteiger partial charge in [-0.2, -0.15) is 22.0 Å². The van der Waals surface area contributed by atoms with Gasteiger partial charge in [0.05, 0.1) is 6.10 Å². The van der Waals surface area contributed by atoms with Crippen molar-refractivity contribution in [3.05, 3.63) is 35.9 Å². The highest BCUT2D eigenvalue weighted by molar-refractivity contribution is 6.05. The third-order valence-corrected chi connectivity index (χ3v) is 3.50. The SMILES string of the molecule is CCC(C)OC(=O)C(O)(C(=O)OCc1ccccc1)C(F)(F)C(F)(F)F. The van der Waals surface area contributed by atoms with Gasteiger partial charge < -0.3 is 14.6 Å². The van der Waals surface area contributed by atoms with Crippen LogP contribution in [0.3, 0.4) is 0 Å². The molecule has 0 saturated heterocycles. The molecule has 0 amide bonds. The number of ether oxygens (including phenoxy) is 2. The normalized spacial score (nSPS) is 15.7. The number of halogens is 5. The Balaban J connectivity index is 3.18. The number of esters is 2. The first-order valence-electron chi connectivity index (χ1n) is 7.47. The summed E-state index contributed by atoms with van der Waals surface area (Å²) in [6.45, 7) is 1.92. The molecule has 0 spiro atoms. The van der Waals surface area contributed by atoms with Gasteiger partial charge in [0.2, 0.25) is 0 Å². The van der Waals surface area contributed by atoms with Crippen molar-refractivity contribution in [1.82, 2.24) is 0 Å². The van der Waals surface area contributed by atoms with Crippen LogP contribution in [0.1, 0.15) is 25.8 Å². The Labute approximate surface area is 145 Å². The van der Waals surface area contributed by atoms with Crippen LogP contribution in [0.2, 0.25) is 0 Å². The number of alkyl halides is 5. The Bertz CT molecular complexity index is 632. The molecule has 0 radical (unpaired) electrons. The van der Waals surface area contributed by atoms with Crippen LogP contribution in [0.4, 0.5) is 22.0 Å². The second-order valence-electron chi connectivity index (χ2n) is 5.47. The average Bonchev–Trinajstić information content (AvgIpc) is 2.58. The molecule has 0 saturated carbocycles. The standard InChI is InChI=1S/C16H17F5O5/c1-3-10(2)26-13(23)14(24,15(17,18)16(19,20)21)12(22)25-9-11-7-5-4-6-8-11/h4-8,10,24H,3,9H2,1-2H3. The third kappa shape index (κ3) is 4.29. The summed E-state index contributed by atoms with van der Waals surface area (Å²) < 4.78 is 74.4. The van der Waals surface area contributed by atoms with Crippen LogP contribution in [0.25, 0.3) is 0 Å². The zero-order valence-electron chi connectivity index (χ0n) is 13.8. The van der Waals surface area contributed by atoms with Crippen molar-refractivity contribution >= 4 is 11.9 Å². The zero-order valence-corrected chi connectivity index (χ0v) is 13.8. The molecular weight excluding hydrogens is 367 g/mol. The van der Waals surface area contributed by atoms with Gasteiger partial charge in [-0.3, -0.25) is 0 Å². The number of carbonyl (C=O) groups is 2. The quantitative estimate of drug-likeness (QED) is 0.445. The Hall–Kier alpha value is -2.23. The molecule has 26 heavy (non-hydrogen) atoms. The van der Waals surface area contributed by atoms with E-state index in [-0.39, 0.29) is 12.0 Å². The van der Waals surface area contributed by atoms with E-state index < -0.39 is 42.3 Å². The molecule has 0 aliphatic heterocycles. The van der Waals surface area contributed by atoms with Crippen LogP contribution in [0, 0.1) is 0 Å². The van der Waals surface area contributed by atoms with Gasteiger partial charge in [-0.15, -0.1) is 0 Å². The summed E-state index contributed by atoms with van der Waals surface area (Å²) in [4.78, 5) is 23.7. The van der Waals surface area contributed by atoms with Crippen molar-refractivity contribution in [2.24, 2.45) is 0 Å². The maximum atomic E-state index is 13.8. The van der Waals surface area contributed by atoms with Gasteiger partial charge in [-0.1, -0.05) is 37.3 Å². The predicted octanol–water partition coefficient (Wildman–Crippen LogP) is 3.00. The molecule has 1 N–H and O–H groups in total. The Morgan fingerprint density at radius 1 is 1.08 bits per heavy atom. The number of aliphatic hydroxyl groups is 1. The summed E-state index contributed by atoms with van der Waals surface area (Å²) in [5, 5.41) is 9.82. The van der Waals surface area contributed by atoms with E-state index in [1.807, 2.05) is 0 Å². The first-order valence-corrected chi connectivity index (χ1v) is 7.47. The lowest BCUT2D eigenvalue weighted by molar-refractivity contribution is -0.334.